The Hall–Kier alpha value is -3.14. The molecule has 4 rings (SSSR count). The van der Waals surface area contributed by atoms with Gasteiger partial charge in [-0.1, -0.05) is 36.4 Å². The van der Waals surface area contributed by atoms with Crippen LogP contribution >= 0.6 is 0 Å². The standard InChI is InChI=1S/C20H16N2O2/c1-21-17-9-5-3-7-13(17)15(11-19(21)23)16-12-20(24)22(2)18-10-6-4-8-14(16)18/h3-12H,1-2H3. The predicted octanol–water partition coefficient (Wildman–Crippen LogP) is 3.06. The molecule has 0 spiro atoms. The Balaban J connectivity index is 2.23. The fourth-order valence-corrected chi connectivity index (χ4v) is 3.27. The van der Waals surface area contributed by atoms with Crippen molar-refractivity contribution in [2.24, 2.45) is 14.1 Å². The van der Waals surface area contributed by atoms with Crippen molar-refractivity contribution in [2.75, 3.05) is 0 Å². The number of pyridine rings is 2. The molecule has 0 fully saturated rings. The van der Waals surface area contributed by atoms with Gasteiger partial charge in [-0.2, -0.15) is 0 Å². The van der Waals surface area contributed by atoms with Crippen LogP contribution in [-0.2, 0) is 14.1 Å². The first kappa shape index (κ1) is 14.5. The molecule has 4 nitrogen and oxygen atoms in total. The van der Waals surface area contributed by atoms with E-state index in [1.165, 1.54) is 0 Å². The molecule has 0 bridgehead atoms. The minimum absolute atomic E-state index is 0.0894. The zero-order valence-electron chi connectivity index (χ0n) is 13.5. The van der Waals surface area contributed by atoms with E-state index in [0.717, 1.165) is 32.9 Å². The van der Waals surface area contributed by atoms with Gasteiger partial charge in [-0.05, 0) is 23.3 Å². The monoisotopic (exact) mass is 316 g/mol. The van der Waals surface area contributed by atoms with Crippen molar-refractivity contribution >= 4 is 21.8 Å². The summed E-state index contributed by atoms with van der Waals surface area (Å²) in [6.45, 7) is 0. The third-order valence-corrected chi connectivity index (χ3v) is 4.60. The van der Waals surface area contributed by atoms with Crippen LogP contribution in [0, 0.1) is 0 Å². The van der Waals surface area contributed by atoms with Gasteiger partial charge >= 0.3 is 0 Å². The normalized spacial score (nSPS) is 11.2. The van der Waals surface area contributed by atoms with Gasteiger partial charge < -0.3 is 9.13 Å². The number of para-hydroxylation sites is 2. The maximum atomic E-state index is 12.4. The lowest BCUT2D eigenvalue weighted by Crippen LogP contribution is -2.18. The van der Waals surface area contributed by atoms with E-state index in [1.807, 2.05) is 48.5 Å². The maximum Gasteiger partial charge on any atom is 0.251 e. The van der Waals surface area contributed by atoms with Gasteiger partial charge in [0.2, 0.25) is 0 Å². The van der Waals surface area contributed by atoms with Gasteiger partial charge in [-0.25, -0.2) is 0 Å². The Morgan fingerprint density at radius 2 is 1.00 bits per heavy atom. The zero-order chi connectivity index (χ0) is 16.8. The minimum Gasteiger partial charge on any atom is -0.311 e. The lowest BCUT2D eigenvalue weighted by Gasteiger charge is -2.14. The first-order valence-corrected chi connectivity index (χ1v) is 7.76. The van der Waals surface area contributed by atoms with Crippen LogP contribution in [0.3, 0.4) is 0 Å². The molecule has 0 amide bonds. The molecule has 2 heterocycles. The van der Waals surface area contributed by atoms with Crippen molar-refractivity contribution in [1.82, 2.24) is 9.13 Å². The molecule has 0 N–H and O–H groups in total. The Morgan fingerprint density at radius 1 is 0.625 bits per heavy atom. The molecule has 2 aromatic carbocycles. The van der Waals surface area contributed by atoms with Crippen LogP contribution in [0.15, 0.2) is 70.3 Å². The molecule has 0 aliphatic rings. The van der Waals surface area contributed by atoms with Gasteiger partial charge in [0.1, 0.15) is 0 Å². The Labute approximate surface area is 138 Å². The van der Waals surface area contributed by atoms with Crippen molar-refractivity contribution in [1.29, 1.82) is 0 Å². The third-order valence-electron chi connectivity index (χ3n) is 4.60. The number of nitrogens with zero attached hydrogens (tertiary/aromatic N) is 2. The number of benzene rings is 2. The fourth-order valence-electron chi connectivity index (χ4n) is 3.27. The SMILES string of the molecule is Cn1c(=O)cc(-c2cc(=O)n(C)c3ccccc23)c2ccccc21. The summed E-state index contributed by atoms with van der Waals surface area (Å²) in [5, 5.41) is 1.91. The lowest BCUT2D eigenvalue weighted by atomic mass is 9.97. The number of hydrogen-bond acceptors (Lipinski definition) is 2. The van der Waals surface area contributed by atoms with Crippen LogP contribution in [-0.4, -0.2) is 9.13 Å². The molecular formula is C20H16N2O2. The summed E-state index contributed by atoms with van der Waals surface area (Å²) in [6, 6.07) is 18.7. The molecule has 0 aliphatic carbocycles. The summed E-state index contributed by atoms with van der Waals surface area (Å²) in [5.74, 6) is 0. The van der Waals surface area contributed by atoms with Gasteiger partial charge in [0.25, 0.3) is 11.1 Å². The maximum absolute atomic E-state index is 12.4. The molecule has 0 atom stereocenters. The first-order chi connectivity index (χ1) is 11.6. The predicted molar refractivity (Wildman–Crippen MR) is 97.4 cm³/mol. The average molecular weight is 316 g/mol. The van der Waals surface area contributed by atoms with Crippen LogP contribution in [0.2, 0.25) is 0 Å². The lowest BCUT2D eigenvalue weighted by molar-refractivity contribution is 0.903. The highest BCUT2D eigenvalue weighted by atomic mass is 16.1. The van der Waals surface area contributed by atoms with Crippen molar-refractivity contribution in [3.05, 3.63) is 81.4 Å². The molecule has 4 heteroatoms. The largest absolute Gasteiger partial charge is 0.311 e. The molecule has 0 saturated heterocycles. The topological polar surface area (TPSA) is 44.0 Å². The number of aryl methyl sites for hydroxylation is 2. The van der Waals surface area contributed by atoms with Gasteiger partial charge in [0.05, 0.1) is 11.0 Å². The molecule has 2 aromatic heterocycles. The van der Waals surface area contributed by atoms with Gasteiger partial charge in [-0.15, -0.1) is 0 Å². The number of aromatic nitrogens is 2. The first-order valence-electron chi connectivity index (χ1n) is 7.76. The highest BCUT2D eigenvalue weighted by Crippen LogP contribution is 2.31. The van der Waals surface area contributed by atoms with E-state index in [-0.39, 0.29) is 11.1 Å². The summed E-state index contributed by atoms with van der Waals surface area (Å²) < 4.78 is 3.25. The minimum atomic E-state index is -0.0894. The van der Waals surface area contributed by atoms with Crippen molar-refractivity contribution in [2.45, 2.75) is 0 Å². The van der Waals surface area contributed by atoms with Crippen LogP contribution < -0.4 is 11.1 Å². The summed E-state index contributed by atoms with van der Waals surface area (Å²) in [7, 11) is 3.52. The molecule has 24 heavy (non-hydrogen) atoms. The zero-order valence-corrected chi connectivity index (χ0v) is 13.5. The molecule has 4 aromatic rings. The Bertz CT molecular complexity index is 1120. The Kier molecular flexibility index (Phi) is 3.13. The molecule has 118 valence electrons. The van der Waals surface area contributed by atoms with Crippen LogP contribution in [0.5, 0.6) is 0 Å². The van der Waals surface area contributed by atoms with E-state index in [9.17, 15) is 9.59 Å². The summed E-state index contributed by atoms with van der Waals surface area (Å²) >= 11 is 0. The quantitative estimate of drug-likeness (QED) is 0.542. The highest BCUT2D eigenvalue weighted by molar-refractivity contribution is 6.03. The summed E-state index contributed by atoms with van der Waals surface area (Å²) in [5.41, 5.74) is 3.11. The van der Waals surface area contributed by atoms with Crippen LogP contribution in [0.1, 0.15) is 0 Å². The fraction of sp³-hybridized carbons (Fsp3) is 0.100. The second kappa shape index (κ2) is 5.20. The summed E-state index contributed by atoms with van der Waals surface area (Å²) in [6.07, 6.45) is 0. The highest BCUT2D eigenvalue weighted by Gasteiger charge is 2.13. The molecule has 0 unspecified atom stereocenters. The summed E-state index contributed by atoms with van der Waals surface area (Å²) in [4.78, 5) is 24.8. The molecule has 0 radical (unpaired) electrons. The second-order valence-electron chi connectivity index (χ2n) is 5.94. The molecular weight excluding hydrogens is 300 g/mol. The van der Waals surface area contributed by atoms with Crippen LogP contribution in [0.4, 0.5) is 0 Å². The third kappa shape index (κ3) is 2.00. The van der Waals surface area contributed by atoms with Crippen LogP contribution in [0.25, 0.3) is 32.9 Å². The van der Waals surface area contributed by atoms with Gasteiger partial charge in [0.15, 0.2) is 0 Å². The van der Waals surface area contributed by atoms with E-state index in [1.54, 1.807) is 35.4 Å². The average Bonchev–Trinajstić information content (AvgIpc) is 2.61. The Morgan fingerprint density at radius 3 is 1.42 bits per heavy atom. The van der Waals surface area contributed by atoms with Crippen molar-refractivity contribution < 1.29 is 0 Å². The van der Waals surface area contributed by atoms with E-state index in [0.29, 0.717) is 0 Å². The number of fused-ring (bicyclic) bond motifs is 2. The van der Waals surface area contributed by atoms with E-state index < -0.39 is 0 Å². The van der Waals surface area contributed by atoms with Gasteiger partial charge in [-0.3, -0.25) is 9.59 Å². The van der Waals surface area contributed by atoms with Crippen molar-refractivity contribution in [3.8, 4) is 11.1 Å². The molecule has 0 aliphatic heterocycles. The van der Waals surface area contributed by atoms with Gasteiger partial charge in [0, 0.05) is 37.0 Å². The molecule has 0 saturated carbocycles. The second-order valence-corrected chi connectivity index (χ2v) is 5.94. The van der Waals surface area contributed by atoms with Crippen molar-refractivity contribution in [3.63, 3.8) is 0 Å². The van der Waals surface area contributed by atoms with E-state index in [2.05, 4.69) is 0 Å². The smallest absolute Gasteiger partial charge is 0.251 e. The number of hydrogen-bond donors (Lipinski definition) is 0. The number of rotatable bonds is 1. The van der Waals surface area contributed by atoms with E-state index >= 15 is 0 Å². The van der Waals surface area contributed by atoms with E-state index in [4.69, 9.17) is 0 Å².